The highest BCUT2D eigenvalue weighted by molar-refractivity contribution is 5.34. The molecule has 3 rings (SSSR count). The lowest BCUT2D eigenvalue weighted by atomic mass is 9.78. The number of methoxy groups -OCH3 is 1. The second-order valence-corrected chi connectivity index (χ2v) is 6.38. The Hall–Kier alpha value is -1.91. The summed E-state index contributed by atoms with van der Waals surface area (Å²) < 4.78 is 25.6. The molecule has 0 spiro atoms. The van der Waals surface area contributed by atoms with E-state index >= 15 is 0 Å². The summed E-state index contributed by atoms with van der Waals surface area (Å²) in [5, 5.41) is 9.75. The van der Waals surface area contributed by atoms with Gasteiger partial charge in [-0.25, -0.2) is 4.39 Å². The molecule has 0 aromatic heterocycles. The van der Waals surface area contributed by atoms with Gasteiger partial charge in [0.1, 0.15) is 18.2 Å². The van der Waals surface area contributed by atoms with Crippen LogP contribution in [0.3, 0.4) is 0 Å². The fourth-order valence-corrected chi connectivity index (χ4v) is 3.33. The molecular formula is C20H23FO3. The molecule has 3 nitrogen and oxygen atoms in total. The van der Waals surface area contributed by atoms with Gasteiger partial charge < -0.3 is 14.6 Å². The van der Waals surface area contributed by atoms with Gasteiger partial charge in [0.05, 0.1) is 11.7 Å². The van der Waals surface area contributed by atoms with Crippen LogP contribution in [0.15, 0.2) is 48.5 Å². The van der Waals surface area contributed by atoms with Crippen molar-refractivity contribution < 1.29 is 19.0 Å². The molecule has 1 fully saturated rings. The SMILES string of the molecule is CO[C@]1(c2cc(F)cc(OCc3ccccc3)c2)CC[C@@H](O)CC1. The highest BCUT2D eigenvalue weighted by atomic mass is 19.1. The zero-order valence-electron chi connectivity index (χ0n) is 13.9. The lowest BCUT2D eigenvalue weighted by Gasteiger charge is -2.38. The van der Waals surface area contributed by atoms with Gasteiger partial charge >= 0.3 is 0 Å². The van der Waals surface area contributed by atoms with E-state index in [2.05, 4.69) is 0 Å². The van der Waals surface area contributed by atoms with Crippen LogP contribution in [0.5, 0.6) is 5.75 Å². The molecule has 128 valence electrons. The van der Waals surface area contributed by atoms with Crippen molar-refractivity contribution in [3.8, 4) is 5.75 Å². The van der Waals surface area contributed by atoms with Crippen LogP contribution >= 0.6 is 0 Å². The molecule has 0 atom stereocenters. The van der Waals surface area contributed by atoms with E-state index in [1.165, 1.54) is 12.1 Å². The Morgan fingerprint density at radius 3 is 2.50 bits per heavy atom. The van der Waals surface area contributed by atoms with Crippen LogP contribution in [-0.4, -0.2) is 18.3 Å². The van der Waals surface area contributed by atoms with Crippen LogP contribution in [0.25, 0.3) is 0 Å². The minimum atomic E-state index is -0.549. The topological polar surface area (TPSA) is 38.7 Å². The zero-order chi connectivity index (χ0) is 17.0. The number of aliphatic hydroxyl groups excluding tert-OH is 1. The Labute approximate surface area is 142 Å². The first-order valence-corrected chi connectivity index (χ1v) is 8.32. The lowest BCUT2D eigenvalue weighted by molar-refractivity contribution is -0.0692. The third kappa shape index (κ3) is 3.77. The minimum Gasteiger partial charge on any atom is -0.489 e. The van der Waals surface area contributed by atoms with Gasteiger partial charge in [-0.1, -0.05) is 30.3 Å². The average Bonchev–Trinajstić information content (AvgIpc) is 2.61. The Balaban J connectivity index is 1.80. The summed E-state index contributed by atoms with van der Waals surface area (Å²) in [6.07, 6.45) is 2.36. The van der Waals surface area contributed by atoms with Crippen molar-refractivity contribution in [2.75, 3.05) is 7.11 Å². The van der Waals surface area contributed by atoms with E-state index < -0.39 is 5.60 Å². The Bertz CT molecular complexity index is 664. The van der Waals surface area contributed by atoms with E-state index in [4.69, 9.17) is 9.47 Å². The highest BCUT2D eigenvalue weighted by Crippen LogP contribution is 2.41. The van der Waals surface area contributed by atoms with Crippen molar-refractivity contribution in [1.82, 2.24) is 0 Å². The van der Waals surface area contributed by atoms with Gasteiger partial charge in [0.2, 0.25) is 0 Å². The average molecular weight is 330 g/mol. The van der Waals surface area contributed by atoms with Crippen LogP contribution in [-0.2, 0) is 16.9 Å². The van der Waals surface area contributed by atoms with Crippen molar-refractivity contribution in [3.05, 3.63) is 65.5 Å². The minimum absolute atomic E-state index is 0.296. The third-order valence-electron chi connectivity index (χ3n) is 4.80. The number of halogens is 1. The lowest BCUT2D eigenvalue weighted by Crippen LogP contribution is -2.35. The van der Waals surface area contributed by atoms with Gasteiger partial charge in [-0.15, -0.1) is 0 Å². The maximum atomic E-state index is 14.1. The monoisotopic (exact) mass is 330 g/mol. The smallest absolute Gasteiger partial charge is 0.127 e. The van der Waals surface area contributed by atoms with Gasteiger partial charge in [0.25, 0.3) is 0 Å². The van der Waals surface area contributed by atoms with Crippen molar-refractivity contribution in [2.24, 2.45) is 0 Å². The molecule has 0 unspecified atom stereocenters. The standard InChI is InChI=1S/C20H23FO3/c1-23-20(9-7-18(22)8-10-20)16-11-17(21)13-19(12-16)24-14-15-5-3-2-4-6-15/h2-6,11-13,18,22H,7-10,14H2,1H3/t18-,20-. The largest absolute Gasteiger partial charge is 0.489 e. The zero-order valence-corrected chi connectivity index (χ0v) is 13.9. The second-order valence-electron chi connectivity index (χ2n) is 6.38. The third-order valence-corrected chi connectivity index (χ3v) is 4.80. The van der Waals surface area contributed by atoms with Crippen molar-refractivity contribution in [2.45, 2.75) is 44.0 Å². The summed E-state index contributed by atoms with van der Waals surface area (Å²) >= 11 is 0. The maximum Gasteiger partial charge on any atom is 0.127 e. The Kier molecular flexibility index (Phi) is 5.17. The summed E-state index contributed by atoms with van der Waals surface area (Å²) in [5.74, 6) is 0.162. The van der Waals surface area contributed by atoms with Gasteiger partial charge in [-0.2, -0.15) is 0 Å². The van der Waals surface area contributed by atoms with E-state index in [-0.39, 0.29) is 11.9 Å². The summed E-state index contributed by atoms with van der Waals surface area (Å²) in [5.41, 5.74) is 1.26. The van der Waals surface area contributed by atoms with Gasteiger partial charge in [-0.05, 0) is 48.9 Å². The van der Waals surface area contributed by atoms with Gasteiger partial charge in [-0.3, -0.25) is 0 Å². The molecular weight excluding hydrogens is 307 g/mol. The van der Waals surface area contributed by atoms with Crippen molar-refractivity contribution >= 4 is 0 Å². The molecule has 4 heteroatoms. The van der Waals surface area contributed by atoms with E-state index in [1.807, 2.05) is 36.4 Å². The summed E-state index contributed by atoms with van der Waals surface area (Å²) in [4.78, 5) is 0. The quantitative estimate of drug-likeness (QED) is 0.894. The van der Waals surface area contributed by atoms with E-state index in [9.17, 15) is 9.50 Å². The first-order chi connectivity index (χ1) is 11.6. The van der Waals surface area contributed by atoms with Crippen LogP contribution < -0.4 is 4.74 Å². The predicted octanol–water partition coefficient (Wildman–Crippen LogP) is 4.18. The molecule has 2 aromatic rings. The first-order valence-electron chi connectivity index (χ1n) is 8.32. The van der Waals surface area contributed by atoms with Crippen molar-refractivity contribution in [1.29, 1.82) is 0 Å². The van der Waals surface area contributed by atoms with Crippen molar-refractivity contribution in [3.63, 3.8) is 0 Å². The molecule has 1 N–H and O–H groups in total. The Morgan fingerprint density at radius 1 is 1.12 bits per heavy atom. The van der Waals surface area contributed by atoms with E-state index in [1.54, 1.807) is 7.11 Å². The molecule has 0 bridgehead atoms. The normalized spacial score (nSPS) is 23.9. The Morgan fingerprint density at radius 2 is 1.83 bits per heavy atom. The number of hydrogen-bond acceptors (Lipinski definition) is 3. The molecule has 0 heterocycles. The predicted molar refractivity (Wildman–Crippen MR) is 90.3 cm³/mol. The van der Waals surface area contributed by atoms with E-state index in [0.29, 0.717) is 38.0 Å². The molecule has 0 radical (unpaired) electrons. The first kappa shape index (κ1) is 16.9. The number of benzene rings is 2. The van der Waals surface area contributed by atoms with Crippen LogP contribution in [0.2, 0.25) is 0 Å². The molecule has 24 heavy (non-hydrogen) atoms. The fourth-order valence-electron chi connectivity index (χ4n) is 3.33. The number of rotatable bonds is 5. The van der Waals surface area contributed by atoms with E-state index in [0.717, 1.165) is 11.1 Å². The molecule has 1 saturated carbocycles. The number of aliphatic hydroxyl groups is 1. The van der Waals surface area contributed by atoms with Crippen LogP contribution in [0.1, 0.15) is 36.8 Å². The summed E-state index contributed by atoms with van der Waals surface area (Å²) in [6, 6.07) is 14.5. The molecule has 0 saturated heterocycles. The van der Waals surface area contributed by atoms with Gasteiger partial charge in [0.15, 0.2) is 0 Å². The second kappa shape index (κ2) is 7.32. The highest BCUT2D eigenvalue weighted by Gasteiger charge is 2.37. The molecule has 1 aliphatic carbocycles. The summed E-state index contributed by atoms with van der Waals surface area (Å²) in [6.45, 7) is 0.391. The number of hydrogen-bond donors (Lipinski definition) is 1. The summed E-state index contributed by atoms with van der Waals surface area (Å²) in [7, 11) is 1.65. The fraction of sp³-hybridized carbons (Fsp3) is 0.400. The number of ether oxygens (including phenoxy) is 2. The molecule has 2 aromatic carbocycles. The van der Waals surface area contributed by atoms with Crippen LogP contribution in [0.4, 0.5) is 4.39 Å². The van der Waals surface area contributed by atoms with Crippen LogP contribution in [0, 0.1) is 5.82 Å². The molecule has 0 amide bonds. The van der Waals surface area contributed by atoms with Gasteiger partial charge in [0, 0.05) is 13.2 Å². The maximum absolute atomic E-state index is 14.1. The molecule has 0 aliphatic heterocycles. The molecule has 1 aliphatic rings.